The Labute approximate surface area is 174 Å². The first kappa shape index (κ1) is 20.3. The van der Waals surface area contributed by atoms with Gasteiger partial charge in [0, 0.05) is 37.6 Å². The first-order valence-electron chi connectivity index (χ1n) is 9.55. The minimum Gasteiger partial charge on any atom is -0.322 e. The zero-order chi connectivity index (χ0) is 21.1. The van der Waals surface area contributed by atoms with Gasteiger partial charge in [0.2, 0.25) is 10.0 Å². The molecular weight excluding hydrogens is 407 g/mol. The van der Waals surface area contributed by atoms with Gasteiger partial charge in [-0.15, -0.1) is 0 Å². The van der Waals surface area contributed by atoms with E-state index in [1.807, 2.05) is 0 Å². The van der Waals surface area contributed by atoms with Crippen LogP contribution in [-0.4, -0.2) is 45.7 Å². The van der Waals surface area contributed by atoms with Crippen LogP contribution in [0.25, 0.3) is 0 Å². The maximum absolute atomic E-state index is 13.5. The maximum atomic E-state index is 13.5. The van der Waals surface area contributed by atoms with E-state index < -0.39 is 15.8 Å². The number of anilines is 2. The second-order valence-corrected chi connectivity index (χ2v) is 9.07. The van der Waals surface area contributed by atoms with Gasteiger partial charge in [0.15, 0.2) is 0 Å². The van der Waals surface area contributed by atoms with Crippen molar-refractivity contribution in [2.24, 2.45) is 0 Å². The van der Waals surface area contributed by atoms with Gasteiger partial charge in [-0.05, 0) is 43.5 Å². The van der Waals surface area contributed by atoms with E-state index in [1.165, 1.54) is 22.5 Å². The van der Waals surface area contributed by atoms with Gasteiger partial charge in [-0.1, -0.05) is 0 Å². The molecule has 0 amide bonds. The molecule has 0 unspecified atom stereocenters. The number of benzene rings is 1. The van der Waals surface area contributed by atoms with Crippen molar-refractivity contribution in [1.82, 2.24) is 24.2 Å². The molecule has 1 aromatic carbocycles. The highest BCUT2D eigenvalue weighted by molar-refractivity contribution is 7.89. The predicted octanol–water partition coefficient (Wildman–Crippen LogP) is 3.03. The van der Waals surface area contributed by atoms with Crippen molar-refractivity contribution in [2.45, 2.75) is 30.6 Å². The molecule has 1 aliphatic rings. The topological polar surface area (TPSA) is 101 Å². The van der Waals surface area contributed by atoms with E-state index in [2.05, 4.69) is 25.3 Å². The fourth-order valence-electron chi connectivity index (χ4n) is 3.45. The third kappa shape index (κ3) is 4.29. The van der Waals surface area contributed by atoms with Crippen LogP contribution in [0.1, 0.15) is 30.0 Å². The van der Waals surface area contributed by atoms with E-state index in [4.69, 9.17) is 0 Å². The van der Waals surface area contributed by atoms with E-state index in [1.54, 1.807) is 37.9 Å². The molecule has 0 atom stereocenters. The van der Waals surface area contributed by atoms with Crippen LogP contribution in [0.15, 0.2) is 54.1 Å². The predicted molar refractivity (Wildman–Crippen MR) is 109 cm³/mol. The molecule has 0 bridgehead atoms. The van der Waals surface area contributed by atoms with Gasteiger partial charge in [0.05, 0.1) is 23.0 Å². The molecular formula is C20H21FN6O2S. The molecule has 156 valence electrons. The van der Waals surface area contributed by atoms with Crippen LogP contribution in [0.4, 0.5) is 16.0 Å². The first-order valence-corrected chi connectivity index (χ1v) is 11.0. The first-order chi connectivity index (χ1) is 14.4. The van der Waals surface area contributed by atoms with Crippen molar-refractivity contribution in [1.29, 1.82) is 0 Å². The zero-order valence-corrected chi connectivity index (χ0v) is 17.2. The number of rotatable bonds is 5. The summed E-state index contributed by atoms with van der Waals surface area (Å²) in [7, 11) is -3.65. The summed E-state index contributed by atoms with van der Waals surface area (Å²) < 4.78 is 40.8. The van der Waals surface area contributed by atoms with Crippen molar-refractivity contribution >= 4 is 21.7 Å². The summed E-state index contributed by atoms with van der Waals surface area (Å²) in [5, 5.41) is 3.06. The number of hydrogen-bond acceptors (Lipinski definition) is 7. The van der Waals surface area contributed by atoms with Crippen molar-refractivity contribution in [3.8, 4) is 0 Å². The molecule has 0 saturated carbocycles. The number of hydrogen-bond donors (Lipinski definition) is 1. The Kier molecular flexibility index (Phi) is 5.69. The summed E-state index contributed by atoms with van der Waals surface area (Å²) in [6.07, 6.45) is 9.33. The molecule has 2 aromatic heterocycles. The fourth-order valence-corrected chi connectivity index (χ4v) is 5.01. The van der Waals surface area contributed by atoms with Crippen molar-refractivity contribution in [3.63, 3.8) is 0 Å². The molecule has 8 nitrogen and oxygen atoms in total. The molecule has 1 fully saturated rings. The molecule has 1 N–H and O–H groups in total. The second kappa shape index (κ2) is 8.41. The van der Waals surface area contributed by atoms with E-state index in [0.717, 1.165) is 5.69 Å². The fraction of sp³-hybridized carbons (Fsp3) is 0.300. The molecule has 3 heterocycles. The Morgan fingerprint density at radius 2 is 1.83 bits per heavy atom. The lowest BCUT2D eigenvalue weighted by Gasteiger charge is -2.31. The van der Waals surface area contributed by atoms with E-state index in [9.17, 15) is 12.8 Å². The van der Waals surface area contributed by atoms with Gasteiger partial charge in [0.25, 0.3) is 0 Å². The molecule has 0 spiro atoms. The van der Waals surface area contributed by atoms with Crippen LogP contribution >= 0.6 is 0 Å². The number of piperidine rings is 1. The number of sulfonamides is 1. The third-order valence-electron chi connectivity index (χ3n) is 5.11. The standard InChI is InChI=1S/C20H21FN6O2S/c1-14-10-16(2-3-17(14)21)30(28,29)27-8-4-15(5-9-27)18-11-23-13-20(25-18)26-19-12-22-6-7-24-19/h2-3,6-7,10-13,15H,4-5,8-9H2,1H3,(H,24,25,26). The summed E-state index contributed by atoms with van der Waals surface area (Å²) >= 11 is 0. The average molecular weight is 428 g/mol. The zero-order valence-electron chi connectivity index (χ0n) is 16.4. The lowest BCUT2D eigenvalue weighted by Crippen LogP contribution is -2.38. The van der Waals surface area contributed by atoms with Gasteiger partial charge < -0.3 is 5.32 Å². The van der Waals surface area contributed by atoms with Gasteiger partial charge in [-0.25, -0.2) is 22.8 Å². The van der Waals surface area contributed by atoms with Crippen LogP contribution in [0.2, 0.25) is 0 Å². The number of aryl methyl sites for hydroxylation is 1. The third-order valence-corrected chi connectivity index (χ3v) is 7.01. The summed E-state index contributed by atoms with van der Waals surface area (Å²) in [6, 6.07) is 3.89. The highest BCUT2D eigenvalue weighted by atomic mass is 32.2. The summed E-state index contributed by atoms with van der Waals surface area (Å²) in [5.74, 6) is 0.813. The molecule has 1 saturated heterocycles. The molecule has 30 heavy (non-hydrogen) atoms. The van der Waals surface area contributed by atoms with Gasteiger partial charge >= 0.3 is 0 Å². The largest absolute Gasteiger partial charge is 0.322 e. The van der Waals surface area contributed by atoms with Gasteiger partial charge in [-0.2, -0.15) is 4.31 Å². The van der Waals surface area contributed by atoms with Crippen LogP contribution in [-0.2, 0) is 10.0 Å². The number of nitrogens with zero attached hydrogens (tertiary/aromatic N) is 5. The quantitative estimate of drug-likeness (QED) is 0.666. The number of nitrogens with one attached hydrogen (secondary N) is 1. The van der Waals surface area contributed by atoms with Crippen molar-refractivity contribution in [2.75, 3.05) is 18.4 Å². The Bertz CT molecular complexity index is 1140. The monoisotopic (exact) mass is 428 g/mol. The molecule has 0 radical (unpaired) electrons. The second-order valence-electron chi connectivity index (χ2n) is 7.13. The molecule has 1 aliphatic heterocycles. The average Bonchev–Trinajstić information content (AvgIpc) is 2.76. The van der Waals surface area contributed by atoms with Crippen molar-refractivity contribution in [3.05, 3.63) is 66.3 Å². The Morgan fingerprint density at radius 3 is 2.53 bits per heavy atom. The lowest BCUT2D eigenvalue weighted by molar-refractivity contribution is 0.316. The normalized spacial score (nSPS) is 15.8. The minimum absolute atomic E-state index is 0.0995. The maximum Gasteiger partial charge on any atom is 0.243 e. The smallest absolute Gasteiger partial charge is 0.243 e. The number of aromatic nitrogens is 4. The minimum atomic E-state index is -3.65. The van der Waals surface area contributed by atoms with Crippen LogP contribution < -0.4 is 5.32 Å². The Hall–Kier alpha value is -2.98. The van der Waals surface area contributed by atoms with Gasteiger partial charge in [-0.3, -0.25) is 9.97 Å². The summed E-state index contributed by atoms with van der Waals surface area (Å²) in [5.41, 5.74) is 1.12. The summed E-state index contributed by atoms with van der Waals surface area (Å²) in [4.78, 5) is 17.1. The van der Waals surface area contributed by atoms with E-state index in [0.29, 0.717) is 43.1 Å². The lowest BCUT2D eigenvalue weighted by atomic mass is 9.95. The van der Waals surface area contributed by atoms with E-state index >= 15 is 0 Å². The van der Waals surface area contributed by atoms with Crippen LogP contribution in [0.5, 0.6) is 0 Å². The highest BCUT2D eigenvalue weighted by Gasteiger charge is 2.31. The molecule has 0 aliphatic carbocycles. The number of halogens is 1. The molecule has 10 heteroatoms. The highest BCUT2D eigenvalue weighted by Crippen LogP contribution is 2.30. The van der Waals surface area contributed by atoms with Crippen LogP contribution in [0, 0.1) is 12.7 Å². The van der Waals surface area contributed by atoms with E-state index in [-0.39, 0.29) is 10.8 Å². The molecule has 3 aromatic rings. The SMILES string of the molecule is Cc1cc(S(=O)(=O)N2CCC(c3cncc(Nc4cnccn4)n3)CC2)ccc1F. The van der Waals surface area contributed by atoms with Crippen LogP contribution in [0.3, 0.4) is 0 Å². The Morgan fingerprint density at radius 1 is 1.07 bits per heavy atom. The summed E-state index contributed by atoms with van der Waals surface area (Å²) in [6.45, 7) is 2.29. The van der Waals surface area contributed by atoms with Crippen molar-refractivity contribution < 1.29 is 12.8 Å². The Balaban J connectivity index is 1.44. The molecule has 4 rings (SSSR count). The van der Waals surface area contributed by atoms with Gasteiger partial charge in [0.1, 0.15) is 17.5 Å².